The molecule has 138 valence electrons. The number of nitrogens with zero attached hydrogens (tertiary/aromatic N) is 3. The van der Waals surface area contributed by atoms with Crippen molar-refractivity contribution < 1.29 is 9.53 Å². The lowest BCUT2D eigenvalue weighted by atomic mass is 9.97. The molecule has 26 heavy (non-hydrogen) atoms. The Morgan fingerprint density at radius 1 is 1.31 bits per heavy atom. The van der Waals surface area contributed by atoms with Crippen molar-refractivity contribution in [2.75, 3.05) is 38.3 Å². The Morgan fingerprint density at radius 3 is 2.92 bits per heavy atom. The van der Waals surface area contributed by atoms with Gasteiger partial charge in [0.1, 0.15) is 5.03 Å². The molecular formula is C19H24N4O2S. The fraction of sp³-hybridized carbons (Fsp3) is 0.421. The first kappa shape index (κ1) is 18.7. The molecule has 0 aliphatic carbocycles. The second-order valence-electron chi connectivity index (χ2n) is 6.17. The lowest BCUT2D eigenvalue weighted by molar-refractivity contribution is -0.125. The fourth-order valence-corrected chi connectivity index (χ4v) is 3.91. The van der Waals surface area contributed by atoms with Crippen LogP contribution in [0.25, 0.3) is 0 Å². The maximum atomic E-state index is 12.4. The van der Waals surface area contributed by atoms with Gasteiger partial charge in [-0.25, -0.2) is 9.97 Å². The molecule has 0 unspecified atom stereocenters. The van der Waals surface area contributed by atoms with Gasteiger partial charge in [0.25, 0.3) is 0 Å². The van der Waals surface area contributed by atoms with Crippen LogP contribution >= 0.6 is 11.8 Å². The first-order chi connectivity index (χ1) is 12.8. The Labute approximate surface area is 158 Å². The minimum absolute atomic E-state index is 0.0304. The third-order valence-electron chi connectivity index (χ3n) is 4.30. The van der Waals surface area contributed by atoms with Gasteiger partial charge < -0.3 is 15.0 Å². The van der Waals surface area contributed by atoms with Crippen molar-refractivity contribution >= 4 is 23.5 Å². The first-order valence-corrected chi connectivity index (χ1v) is 9.65. The van der Waals surface area contributed by atoms with Crippen molar-refractivity contribution in [1.82, 2.24) is 15.3 Å². The van der Waals surface area contributed by atoms with Crippen LogP contribution in [-0.2, 0) is 9.53 Å². The van der Waals surface area contributed by atoms with E-state index in [2.05, 4.69) is 32.3 Å². The van der Waals surface area contributed by atoms with Gasteiger partial charge in [-0.3, -0.25) is 4.79 Å². The molecule has 1 aliphatic rings. The van der Waals surface area contributed by atoms with E-state index in [4.69, 9.17) is 4.74 Å². The van der Waals surface area contributed by atoms with Crippen molar-refractivity contribution in [3.8, 4) is 0 Å². The van der Waals surface area contributed by atoms with Crippen molar-refractivity contribution in [3.05, 3.63) is 42.7 Å². The number of hydrogen-bond acceptors (Lipinski definition) is 6. The number of benzene rings is 1. The van der Waals surface area contributed by atoms with Crippen LogP contribution in [0.5, 0.6) is 0 Å². The summed E-state index contributed by atoms with van der Waals surface area (Å²) in [6.07, 6.45) is 5.30. The summed E-state index contributed by atoms with van der Waals surface area (Å²) in [5, 5.41) is 3.82. The average Bonchev–Trinajstić information content (AvgIpc) is 2.69. The molecule has 1 fully saturated rings. The largest absolute Gasteiger partial charge is 0.383 e. The lowest BCUT2D eigenvalue weighted by Gasteiger charge is -2.33. The first-order valence-electron chi connectivity index (χ1n) is 8.83. The summed E-state index contributed by atoms with van der Waals surface area (Å²) in [4.78, 5) is 24.8. The molecular weight excluding hydrogens is 348 g/mol. The normalized spacial score (nSPS) is 17.1. The van der Waals surface area contributed by atoms with Crippen LogP contribution in [0.4, 0.5) is 5.82 Å². The van der Waals surface area contributed by atoms with Crippen molar-refractivity contribution in [2.45, 2.75) is 22.8 Å². The topological polar surface area (TPSA) is 67.3 Å². The summed E-state index contributed by atoms with van der Waals surface area (Å²) in [7, 11) is 1.63. The van der Waals surface area contributed by atoms with E-state index in [1.54, 1.807) is 31.3 Å². The van der Waals surface area contributed by atoms with Crippen LogP contribution in [0.3, 0.4) is 0 Å². The van der Waals surface area contributed by atoms with E-state index in [0.29, 0.717) is 19.7 Å². The van der Waals surface area contributed by atoms with E-state index in [-0.39, 0.29) is 11.8 Å². The zero-order valence-corrected chi connectivity index (χ0v) is 15.7. The molecule has 0 spiro atoms. The summed E-state index contributed by atoms with van der Waals surface area (Å²) >= 11 is 1.60. The monoisotopic (exact) mass is 372 g/mol. The minimum Gasteiger partial charge on any atom is -0.383 e. The number of carbonyl (C=O) groups excluding carboxylic acids is 1. The van der Waals surface area contributed by atoms with Crippen LogP contribution in [0.15, 0.2) is 52.6 Å². The van der Waals surface area contributed by atoms with Crippen LogP contribution < -0.4 is 10.2 Å². The van der Waals surface area contributed by atoms with Crippen molar-refractivity contribution in [2.24, 2.45) is 5.92 Å². The van der Waals surface area contributed by atoms with Crippen molar-refractivity contribution in [3.63, 3.8) is 0 Å². The number of anilines is 1. The Hall–Kier alpha value is -2.12. The molecule has 6 nitrogen and oxygen atoms in total. The molecule has 1 amide bonds. The SMILES string of the molecule is COCCNC(=O)[C@@H]1CCCN(c2nccnc2Sc2ccccc2)C1. The molecule has 1 N–H and O–H groups in total. The molecule has 0 bridgehead atoms. The van der Waals surface area contributed by atoms with Gasteiger partial charge >= 0.3 is 0 Å². The quantitative estimate of drug-likeness (QED) is 0.754. The highest BCUT2D eigenvalue weighted by Gasteiger charge is 2.27. The summed E-state index contributed by atoms with van der Waals surface area (Å²) in [5.74, 6) is 0.917. The lowest BCUT2D eigenvalue weighted by Crippen LogP contribution is -2.44. The molecule has 0 saturated carbocycles. The molecule has 3 rings (SSSR count). The van der Waals surface area contributed by atoms with E-state index >= 15 is 0 Å². The average molecular weight is 372 g/mol. The maximum absolute atomic E-state index is 12.4. The van der Waals surface area contributed by atoms with Gasteiger partial charge in [-0.15, -0.1) is 0 Å². The van der Waals surface area contributed by atoms with E-state index in [1.807, 2.05) is 18.2 Å². The van der Waals surface area contributed by atoms with Gasteiger partial charge in [0, 0.05) is 44.0 Å². The maximum Gasteiger partial charge on any atom is 0.224 e. The van der Waals surface area contributed by atoms with E-state index in [9.17, 15) is 4.79 Å². The fourth-order valence-electron chi connectivity index (χ4n) is 3.01. The smallest absolute Gasteiger partial charge is 0.224 e. The van der Waals surface area contributed by atoms with Crippen LogP contribution in [0, 0.1) is 5.92 Å². The van der Waals surface area contributed by atoms with Crippen LogP contribution in [0.1, 0.15) is 12.8 Å². The molecule has 7 heteroatoms. The number of methoxy groups -OCH3 is 1. The van der Waals surface area contributed by atoms with Gasteiger partial charge in [-0.05, 0) is 25.0 Å². The van der Waals surface area contributed by atoms with Gasteiger partial charge in [-0.1, -0.05) is 30.0 Å². The third-order valence-corrected chi connectivity index (χ3v) is 5.29. The Bertz CT molecular complexity index is 714. The summed E-state index contributed by atoms with van der Waals surface area (Å²) in [6.45, 7) is 2.64. The summed E-state index contributed by atoms with van der Waals surface area (Å²) in [6, 6.07) is 10.1. The molecule has 1 atom stereocenters. The number of ether oxygens (including phenoxy) is 1. The number of aromatic nitrogens is 2. The number of nitrogens with one attached hydrogen (secondary N) is 1. The third kappa shape index (κ3) is 4.95. The second-order valence-corrected chi connectivity index (χ2v) is 7.23. The molecule has 0 radical (unpaired) electrons. The Kier molecular flexibility index (Phi) is 6.85. The number of piperidine rings is 1. The molecule has 1 aromatic heterocycles. The van der Waals surface area contributed by atoms with E-state index in [0.717, 1.165) is 35.1 Å². The minimum atomic E-state index is -0.0304. The zero-order valence-electron chi connectivity index (χ0n) is 14.9. The zero-order chi connectivity index (χ0) is 18.2. The van der Waals surface area contributed by atoms with Gasteiger partial charge in [-0.2, -0.15) is 0 Å². The predicted molar refractivity (Wildman–Crippen MR) is 102 cm³/mol. The molecule has 2 aromatic rings. The second kappa shape index (κ2) is 9.54. The summed E-state index contributed by atoms with van der Waals surface area (Å²) < 4.78 is 5.00. The van der Waals surface area contributed by atoms with E-state index < -0.39 is 0 Å². The number of amides is 1. The van der Waals surface area contributed by atoms with Gasteiger partial charge in [0.05, 0.1) is 12.5 Å². The Balaban J connectivity index is 1.69. The highest BCUT2D eigenvalue weighted by atomic mass is 32.2. The molecule has 2 heterocycles. The van der Waals surface area contributed by atoms with Crippen LogP contribution in [-0.4, -0.2) is 49.2 Å². The van der Waals surface area contributed by atoms with Crippen LogP contribution in [0.2, 0.25) is 0 Å². The van der Waals surface area contributed by atoms with Gasteiger partial charge in [0.2, 0.25) is 5.91 Å². The highest BCUT2D eigenvalue weighted by Crippen LogP contribution is 2.33. The molecule has 1 aromatic carbocycles. The number of hydrogen-bond donors (Lipinski definition) is 1. The van der Waals surface area contributed by atoms with E-state index in [1.165, 1.54) is 0 Å². The Morgan fingerprint density at radius 2 is 2.12 bits per heavy atom. The van der Waals surface area contributed by atoms with Crippen molar-refractivity contribution in [1.29, 1.82) is 0 Å². The predicted octanol–water partition coefficient (Wildman–Crippen LogP) is 2.61. The number of rotatable bonds is 7. The standard InChI is InChI=1S/C19H24N4O2S/c1-25-13-11-21-18(24)15-6-5-12-23(14-15)17-19(22-10-9-20-17)26-16-7-3-2-4-8-16/h2-4,7-10,15H,5-6,11-14H2,1H3,(H,21,24)/t15-/m1/s1. The van der Waals surface area contributed by atoms with Gasteiger partial charge in [0.15, 0.2) is 5.82 Å². The molecule has 1 aliphatic heterocycles. The highest BCUT2D eigenvalue weighted by molar-refractivity contribution is 7.99. The molecule has 1 saturated heterocycles. The summed E-state index contributed by atoms with van der Waals surface area (Å²) in [5.41, 5.74) is 0. The number of carbonyl (C=O) groups is 1.